The van der Waals surface area contributed by atoms with Crippen molar-refractivity contribution in [3.05, 3.63) is 70.1 Å². The number of nitrogens with zero attached hydrogens (tertiary/aromatic N) is 2. The molecule has 1 fully saturated rings. The molecule has 2 aliphatic heterocycles. The minimum atomic E-state index is -0.486. The topological polar surface area (TPSA) is 69.7 Å². The third-order valence-electron chi connectivity index (χ3n) is 6.01. The van der Waals surface area contributed by atoms with Crippen molar-refractivity contribution in [2.24, 2.45) is 0 Å². The van der Waals surface area contributed by atoms with Crippen LogP contribution in [0.25, 0.3) is 5.57 Å². The smallest absolute Gasteiger partial charge is 0.286 e. The van der Waals surface area contributed by atoms with Gasteiger partial charge in [-0.2, -0.15) is 5.01 Å². The average Bonchev–Trinajstić information content (AvgIpc) is 3.26. The van der Waals surface area contributed by atoms with Gasteiger partial charge < -0.3 is 4.90 Å². The van der Waals surface area contributed by atoms with Gasteiger partial charge >= 0.3 is 0 Å². The van der Waals surface area contributed by atoms with Crippen LogP contribution in [0, 0.1) is 6.92 Å². The van der Waals surface area contributed by atoms with Gasteiger partial charge in [0.2, 0.25) is 0 Å². The Morgan fingerprint density at radius 2 is 1.68 bits per heavy atom. The molecule has 0 bridgehead atoms. The van der Waals surface area contributed by atoms with Crippen LogP contribution in [-0.2, 0) is 9.59 Å². The van der Waals surface area contributed by atoms with Crippen molar-refractivity contribution in [2.75, 3.05) is 11.4 Å². The van der Waals surface area contributed by atoms with Crippen molar-refractivity contribution < 1.29 is 14.4 Å². The quantitative estimate of drug-likeness (QED) is 0.310. The molecule has 0 saturated carbocycles. The highest BCUT2D eigenvalue weighted by molar-refractivity contribution is 8.26. The minimum Gasteiger partial charge on any atom is -0.308 e. The summed E-state index contributed by atoms with van der Waals surface area (Å²) in [5, 5.41) is 1.07. The van der Waals surface area contributed by atoms with Crippen molar-refractivity contribution in [3.63, 3.8) is 0 Å². The maximum absolute atomic E-state index is 13.5. The van der Waals surface area contributed by atoms with E-state index in [1.807, 2.05) is 43.3 Å². The molecule has 0 spiro atoms. The van der Waals surface area contributed by atoms with E-state index in [1.165, 1.54) is 6.42 Å². The lowest BCUT2D eigenvalue weighted by Crippen LogP contribution is -2.45. The van der Waals surface area contributed by atoms with Gasteiger partial charge in [0.1, 0.15) is 0 Å². The number of carbonyl (C=O) groups is 3. The van der Waals surface area contributed by atoms with Gasteiger partial charge in [0.05, 0.1) is 16.2 Å². The number of rotatable bonds is 8. The van der Waals surface area contributed by atoms with E-state index in [2.05, 4.69) is 12.3 Å². The number of carbonyl (C=O) groups excluding carboxylic acids is 3. The Kier molecular flexibility index (Phi) is 7.48. The van der Waals surface area contributed by atoms with Crippen LogP contribution in [0.2, 0.25) is 0 Å². The van der Waals surface area contributed by atoms with Gasteiger partial charge in [-0.3, -0.25) is 19.8 Å². The van der Waals surface area contributed by atoms with Crippen LogP contribution in [-0.4, -0.2) is 33.6 Å². The number of unbranched alkanes of at least 4 members (excludes halogenated alkanes) is 4. The molecule has 176 valence electrons. The number of hydrogen-bond donors (Lipinski definition) is 1. The number of amides is 3. The summed E-state index contributed by atoms with van der Waals surface area (Å²) in [6, 6.07) is 14.6. The molecule has 0 aromatic heterocycles. The van der Waals surface area contributed by atoms with E-state index in [0.717, 1.165) is 59.3 Å². The first kappa shape index (κ1) is 24.2. The summed E-state index contributed by atoms with van der Waals surface area (Å²) in [7, 11) is 0. The van der Waals surface area contributed by atoms with E-state index in [-0.39, 0.29) is 15.1 Å². The monoisotopic (exact) mass is 493 g/mol. The number of hydrazine groups is 1. The van der Waals surface area contributed by atoms with Crippen molar-refractivity contribution >= 4 is 57.3 Å². The molecule has 0 aliphatic carbocycles. The van der Waals surface area contributed by atoms with Crippen LogP contribution in [0.1, 0.15) is 60.5 Å². The van der Waals surface area contributed by atoms with Crippen LogP contribution in [0.15, 0.2) is 53.4 Å². The molecule has 2 heterocycles. The summed E-state index contributed by atoms with van der Waals surface area (Å²) < 4.78 is 0.192. The van der Waals surface area contributed by atoms with Crippen LogP contribution in [0.5, 0.6) is 0 Å². The molecule has 0 atom stereocenters. The zero-order chi connectivity index (χ0) is 24.2. The van der Waals surface area contributed by atoms with Gasteiger partial charge in [-0.1, -0.05) is 80.8 Å². The second-order valence-electron chi connectivity index (χ2n) is 8.36. The fourth-order valence-electron chi connectivity index (χ4n) is 4.20. The first-order valence-electron chi connectivity index (χ1n) is 11.5. The Morgan fingerprint density at radius 1 is 0.971 bits per heavy atom. The lowest BCUT2D eigenvalue weighted by Gasteiger charge is -2.17. The fourth-order valence-corrected chi connectivity index (χ4v) is 5.45. The van der Waals surface area contributed by atoms with E-state index >= 15 is 0 Å². The molecule has 4 rings (SSSR count). The van der Waals surface area contributed by atoms with E-state index in [0.29, 0.717) is 17.7 Å². The summed E-state index contributed by atoms with van der Waals surface area (Å²) in [6.07, 6.45) is 5.46. The van der Waals surface area contributed by atoms with Crippen LogP contribution in [0.4, 0.5) is 5.69 Å². The standard InChI is InChI=1S/C26H27N3O3S2/c1-3-4-5-6-11-16-28-20-15-10-9-14-19(20)21(24(28)31)22-25(32)29(26(33)34-22)27-23(30)18-13-8-7-12-17(18)2/h7-10,12-15H,3-6,11,16H2,1-2H3,(H,27,30). The molecule has 8 heteroatoms. The normalized spacial score (nSPS) is 17.5. The van der Waals surface area contributed by atoms with Gasteiger partial charge in [0.15, 0.2) is 4.32 Å². The highest BCUT2D eigenvalue weighted by Gasteiger charge is 2.42. The van der Waals surface area contributed by atoms with Crippen molar-refractivity contribution in [3.8, 4) is 0 Å². The van der Waals surface area contributed by atoms with Crippen LogP contribution < -0.4 is 10.3 Å². The number of aryl methyl sites for hydroxylation is 1. The van der Waals surface area contributed by atoms with Gasteiger partial charge in [-0.25, -0.2) is 0 Å². The molecule has 6 nitrogen and oxygen atoms in total. The number of fused-ring (bicyclic) bond motifs is 1. The summed E-state index contributed by atoms with van der Waals surface area (Å²) in [5.41, 5.74) is 5.76. The molecular formula is C26H27N3O3S2. The minimum absolute atomic E-state index is 0.192. The van der Waals surface area contributed by atoms with Crippen molar-refractivity contribution in [1.82, 2.24) is 10.4 Å². The summed E-state index contributed by atoms with van der Waals surface area (Å²) >= 11 is 6.45. The van der Waals surface area contributed by atoms with Crippen LogP contribution >= 0.6 is 24.0 Å². The predicted molar refractivity (Wildman–Crippen MR) is 140 cm³/mol. The maximum atomic E-state index is 13.5. The Labute approximate surface area is 209 Å². The van der Waals surface area contributed by atoms with E-state index in [9.17, 15) is 14.4 Å². The van der Waals surface area contributed by atoms with E-state index in [4.69, 9.17) is 12.2 Å². The molecule has 3 amide bonds. The predicted octanol–water partition coefficient (Wildman–Crippen LogP) is 5.23. The second kappa shape index (κ2) is 10.5. The fraction of sp³-hybridized carbons (Fsp3) is 0.308. The number of para-hydroxylation sites is 1. The maximum Gasteiger partial charge on any atom is 0.286 e. The SMILES string of the molecule is CCCCCCCN1C(=O)C(=C2SC(=S)N(NC(=O)c3ccccc3C)C2=O)c2ccccc21. The number of thioether (sulfide) groups is 1. The number of hydrogen-bond acceptors (Lipinski definition) is 5. The Balaban J connectivity index is 1.58. The molecule has 2 aromatic carbocycles. The Morgan fingerprint density at radius 3 is 2.44 bits per heavy atom. The van der Waals surface area contributed by atoms with Crippen molar-refractivity contribution in [1.29, 1.82) is 0 Å². The molecule has 2 aliphatic rings. The Bertz CT molecular complexity index is 1190. The van der Waals surface area contributed by atoms with Crippen LogP contribution in [0.3, 0.4) is 0 Å². The van der Waals surface area contributed by atoms with Gasteiger partial charge in [-0.15, -0.1) is 0 Å². The largest absolute Gasteiger partial charge is 0.308 e. The number of anilines is 1. The van der Waals surface area contributed by atoms with Gasteiger partial charge in [0.25, 0.3) is 17.7 Å². The molecule has 2 aromatic rings. The molecule has 0 unspecified atom stereocenters. The number of thiocarbonyl (C=S) groups is 1. The zero-order valence-corrected chi connectivity index (χ0v) is 20.9. The highest BCUT2D eigenvalue weighted by Crippen LogP contribution is 2.44. The molecule has 34 heavy (non-hydrogen) atoms. The number of nitrogens with one attached hydrogen (secondary N) is 1. The lowest BCUT2D eigenvalue weighted by molar-refractivity contribution is -0.124. The third kappa shape index (κ3) is 4.65. The highest BCUT2D eigenvalue weighted by atomic mass is 32.2. The third-order valence-corrected chi connectivity index (χ3v) is 7.38. The number of benzene rings is 2. The van der Waals surface area contributed by atoms with Gasteiger partial charge in [-0.05, 0) is 43.3 Å². The first-order chi connectivity index (χ1) is 16.4. The molecule has 1 N–H and O–H groups in total. The first-order valence-corrected chi connectivity index (χ1v) is 12.7. The molecule has 1 saturated heterocycles. The molecule has 0 radical (unpaired) electrons. The van der Waals surface area contributed by atoms with Crippen molar-refractivity contribution in [2.45, 2.75) is 46.0 Å². The lowest BCUT2D eigenvalue weighted by atomic mass is 10.1. The van der Waals surface area contributed by atoms with E-state index in [1.54, 1.807) is 17.0 Å². The van der Waals surface area contributed by atoms with E-state index < -0.39 is 11.8 Å². The average molecular weight is 494 g/mol. The summed E-state index contributed by atoms with van der Waals surface area (Å²) in [5.74, 6) is -1.10. The second-order valence-corrected chi connectivity index (χ2v) is 10.0. The zero-order valence-electron chi connectivity index (χ0n) is 19.3. The Hall–Kier alpha value is -2.97. The summed E-state index contributed by atoms with van der Waals surface area (Å²) in [6.45, 7) is 4.60. The van der Waals surface area contributed by atoms with Gasteiger partial charge in [0, 0.05) is 17.7 Å². The summed E-state index contributed by atoms with van der Waals surface area (Å²) in [4.78, 5) is 41.6. The molecular weight excluding hydrogens is 466 g/mol.